The van der Waals surface area contributed by atoms with E-state index in [0.717, 1.165) is 0 Å². The van der Waals surface area contributed by atoms with E-state index < -0.39 is 0 Å². The summed E-state index contributed by atoms with van der Waals surface area (Å²) < 4.78 is 0. The number of anilines is 2. The van der Waals surface area contributed by atoms with E-state index in [9.17, 15) is 4.79 Å². The lowest BCUT2D eigenvalue weighted by Crippen LogP contribution is -2.01. The van der Waals surface area contributed by atoms with Gasteiger partial charge in [-0.15, -0.1) is 0 Å². The summed E-state index contributed by atoms with van der Waals surface area (Å²) >= 11 is 7.45. The molecule has 0 aliphatic rings. The summed E-state index contributed by atoms with van der Waals surface area (Å²) in [5, 5.41) is 4.20. The number of hydrogen-bond donors (Lipinski definition) is 1. The molecule has 0 unspecified atom stereocenters. The number of nitrogens with zero attached hydrogens (tertiary/aromatic N) is 2. The number of rotatable bonds is 4. The molecule has 0 saturated heterocycles. The van der Waals surface area contributed by atoms with E-state index in [1.165, 1.54) is 18.0 Å². The molecule has 0 spiro atoms. The highest BCUT2D eigenvalue weighted by Gasteiger charge is 2.08. The number of nitrogens with one attached hydrogen (secondary N) is 1. The maximum absolute atomic E-state index is 10.9. The van der Waals surface area contributed by atoms with Crippen molar-refractivity contribution in [1.29, 1.82) is 0 Å². The monoisotopic (exact) mass is 279 g/mol. The number of thioether (sulfide) groups is 1. The van der Waals surface area contributed by atoms with Gasteiger partial charge in [-0.2, -0.15) is 0 Å². The molecule has 0 aliphatic heterocycles. The van der Waals surface area contributed by atoms with E-state index in [1.54, 1.807) is 6.07 Å². The van der Waals surface area contributed by atoms with E-state index >= 15 is 0 Å². The standard InChI is InChI=1S/C12H10ClN3OS/c1-18-12-14-6-8(7-17)11(16-12)15-10-5-3-2-4-9(10)13/h2-7H,1H3,(H,14,15,16). The van der Waals surface area contributed by atoms with Crippen LogP contribution in [0.4, 0.5) is 11.5 Å². The van der Waals surface area contributed by atoms with Crippen LogP contribution in [-0.2, 0) is 0 Å². The molecule has 0 radical (unpaired) electrons. The fourth-order valence-electron chi connectivity index (χ4n) is 1.35. The maximum Gasteiger partial charge on any atom is 0.189 e. The molecule has 92 valence electrons. The van der Waals surface area contributed by atoms with Gasteiger partial charge in [0.25, 0.3) is 0 Å². The molecular weight excluding hydrogens is 270 g/mol. The second kappa shape index (κ2) is 5.84. The minimum Gasteiger partial charge on any atom is -0.338 e. The molecule has 1 heterocycles. The molecule has 0 aliphatic carbocycles. The Bertz CT molecular complexity index is 577. The number of carbonyl (C=O) groups is 1. The van der Waals surface area contributed by atoms with E-state index in [1.807, 2.05) is 24.5 Å². The minimum absolute atomic E-state index is 0.396. The smallest absolute Gasteiger partial charge is 0.189 e. The molecule has 6 heteroatoms. The quantitative estimate of drug-likeness (QED) is 0.528. The molecular formula is C12H10ClN3OS. The number of halogens is 1. The minimum atomic E-state index is 0.396. The predicted molar refractivity (Wildman–Crippen MR) is 73.9 cm³/mol. The van der Waals surface area contributed by atoms with Crippen molar-refractivity contribution in [2.24, 2.45) is 0 Å². The lowest BCUT2D eigenvalue weighted by molar-refractivity contribution is 0.112. The van der Waals surface area contributed by atoms with Crippen molar-refractivity contribution in [3.8, 4) is 0 Å². The zero-order chi connectivity index (χ0) is 13.0. The molecule has 18 heavy (non-hydrogen) atoms. The summed E-state index contributed by atoms with van der Waals surface area (Å²) in [7, 11) is 0. The van der Waals surface area contributed by atoms with Crippen molar-refractivity contribution in [2.45, 2.75) is 5.16 Å². The number of para-hydroxylation sites is 1. The fraction of sp³-hybridized carbons (Fsp3) is 0.0833. The van der Waals surface area contributed by atoms with Crippen molar-refractivity contribution >= 4 is 41.2 Å². The van der Waals surface area contributed by atoms with Crippen LogP contribution in [0.2, 0.25) is 5.02 Å². The van der Waals surface area contributed by atoms with Crippen molar-refractivity contribution in [1.82, 2.24) is 9.97 Å². The van der Waals surface area contributed by atoms with Crippen LogP contribution in [0.3, 0.4) is 0 Å². The summed E-state index contributed by atoms with van der Waals surface area (Å²) in [6.07, 6.45) is 4.07. The van der Waals surface area contributed by atoms with Gasteiger partial charge in [0.05, 0.1) is 16.3 Å². The number of hydrogen-bond acceptors (Lipinski definition) is 5. The van der Waals surface area contributed by atoms with Crippen LogP contribution in [-0.4, -0.2) is 22.5 Å². The summed E-state index contributed by atoms with van der Waals surface area (Å²) in [4.78, 5) is 19.2. The number of aromatic nitrogens is 2. The van der Waals surface area contributed by atoms with Crippen molar-refractivity contribution in [3.05, 3.63) is 41.0 Å². The van der Waals surface area contributed by atoms with Crippen LogP contribution >= 0.6 is 23.4 Å². The van der Waals surface area contributed by atoms with Crippen LogP contribution in [0.5, 0.6) is 0 Å². The highest BCUT2D eigenvalue weighted by Crippen LogP contribution is 2.25. The van der Waals surface area contributed by atoms with Gasteiger partial charge in [0, 0.05) is 6.20 Å². The van der Waals surface area contributed by atoms with E-state index in [-0.39, 0.29) is 0 Å². The first-order valence-electron chi connectivity index (χ1n) is 5.12. The van der Waals surface area contributed by atoms with Crippen molar-refractivity contribution in [2.75, 3.05) is 11.6 Å². The van der Waals surface area contributed by atoms with E-state index in [4.69, 9.17) is 11.6 Å². The Kier molecular flexibility index (Phi) is 4.17. The Hall–Kier alpha value is -1.59. The van der Waals surface area contributed by atoms with Crippen LogP contribution in [0.1, 0.15) is 10.4 Å². The first-order valence-corrected chi connectivity index (χ1v) is 6.72. The Morgan fingerprint density at radius 2 is 2.17 bits per heavy atom. The summed E-state index contributed by atoms with van der Waals surface area (Å²) in [5.74, 6) is 0.456. The number of carbonyl (C=O) groups excluding carboxylic acids is 1. The summed E-state index contributed by atoms with van der Waals surface area (Å²) in [6.45, 7) is 0. The van der Waals surface area contributed by atoms with Gasteiger partial charge in [0.1, 0.15) is 5.82 Å². The lowest BCUT2D eigenvalue weighted by atomic mass is 10.3. The van der Waals surface area contributed by atoms with Crippen LogP contribution in [0.25, 0.3) is 0 Å². The molecule has 2 rings (SSSR count). The average molecular weight is 280 g/mol. The number of benzene rings is 1. The van der Waals surface area contributed by atoms with Gasteiger partial charge in [-0.25, -0.2) is 9.97 Å². The SMILES string of the molecule is CSc1ncc(C=O)c(Nc2ccccc2Cl)n1. The third kappa shape index (κ3) is 2.80. The molecule has 0 atom stereocenters. The highest BCUT2D eigenvalue weighted by molar-refractivity contribution is 7.98. The highest BCUT2D eigenvalue weighted by atomic mass is 35.5. The molecule has 0 bridgehead atoms. The first kappa shape index (κ1) is 12.9. The van der Waals surface area contributed by atoms with Gasteiger partial charge in [0.2, 0.25) is 0 Å². The molecule has 4 nitrogen and oxygen atoms in total. The van der Waals surface area contributed by atoms with E-state index in [0.29, 0.717) is 33.5 Å². The Balaban J connectivity index is 2.38. The Morgan fingerprint density at radius 3 is 2.83 bits per heavy atom. The zero-order valence-electron chi connectivity index (χ0n) is 9.55. The predicted octanol–water partition coefficient (Wildman–Crippen LogP) is 3.41. The normalized spacial score (nSPS) is 10.1. The lowest BCUT2D eigenvalue weighted by Gasteiger charge is -2.09. The first-order chi connectivity index (χ1) is 8.74. The second-order valence-corrected chi connectivity index (χ2v) is 4.56. The fourth-order valence-corrected chi connectivity index (χ4v) is 1.87. The average Bonchev–Trinajstić information content (AvgIpc) is 2.41. The molecule has 0 saturated carbocycles. The topological polar surface area (TPSA) is 54.9 Å². The summed E-state index contributed by atoms with van der Waals surface area (Å²) in [5.41, 5.74) is 1.10. The molecule has 1 aromatic carbocycles. The van der Waals surface area contributed by atoms with Crippen molar-refractivity contribution in [3.63, 3.8) is 0 Å². The van der Waals surface area contributed by atoms with Gasteiger partial charge >= 0.3 is 0 Å². The summed E-state index contributed by atoms with van der Waals surface area (Å²) in [6, 6.07) is 7.27. The van der Waals surface area contributed by atoms with Crippen LogP contribution in [0, 0.1) is 0 Å². The van der Waals surface area contributed by atoms with Gasteiger partial charge in [-0.1, -0.05) is 35.5 Å². The third-order valence-corrected chi connectivity index (χ3v) is 3.12. The third-order valence-electron chi connectivity index (χ3n) is 2.23. The Labute approximate surface area is 114 Å². The van der Waals surface area contributed by atoms with Crippen LogP contribution in [0.15, 0.2) is 35.6 Å². The largest absolute Gasteiger partial charge is 0.338 e. The molecule has 2 aromatic rings. The molecule has 0 amide bonds. The maximum atomic E-state index is 10.9. The van der Waals surface area contributed by atoms with Gasteiger partial charge in [0.15, 0.2) is 11.4 Å². The van der Waals surface area contributed by atoms with Crippen LogP contribution < -0.4 is 5.32 Å². The Morgan fingerprint density at radius 1 is 1.39 bits per heavy atom. The molecule has 1 N–H and O–H groups in total. The van der Waals surface area contributed by atoms with Gasteiger partial charge < -0.3 is 5.32 Å². The van der Waals surface area contributed by atoms with Crippen molar-refractivity contribution < 1.29 is 4.79 Å². The molecule has 1 aromatic heterocycles. The zero-order valence-corrected chi connectivity index (χ0v) is 11.1. The number of aldehydes is 1. The van der Waals surface area contributed by atoms with Gasteiger partial charge in [-0.3, -0.25) is 4.79 Å². The molecule has 0 fully saturated rings. The second-order valence-electron chi connectivity index (χ2n) is 3.38. The van der Waals surface area contributed by atoms with Gasteiger partial charge in [-0.05, 0) is 18.4 Å². The van der Waals surface area contributed by atoms with E-state index in [2.05, 4.69) is 15.3 Å².